The van der Waals surface area contributed by atoms with E-state index in [1.807, 2.05) is 21.1 Å². The van der Waals surface area contributed by atoms with Crippen molar-refractivity contribution in [2.75, 3.05) is 60.8 Å². The average Bonchev–Trinajstić information content (AvgIpc) is 2.63. The highest BCUT2D eigenvalue weighted by molar-refractivity contribution is 5.85. The van der Waals surface area contributed by atoms with Crippen molar-refractivity contribution in [3.05, 3.63) is 0 Å². The van der Waals surface area contributed by atoms with Gasteiger partial charge in [0.05, 0.1) is 60.2 Å². The quantitative estimate of drug-likeness (QED) is 0.165. The van der Waals surface area contributed by atoms with Gasteiger partial charge in [0.2, 0.25) is 0 Å². The molecule has 0 atom stereocenters. The third kappa shape index (κ3) is 18.3. The van der Waals surface area contributed by atoms with Crippen molar-refractivity contribution in [3.63, 3.8) is 0 Å². The molecule has 0 saturated heterocycles. The number of halogens is 4. The molecule has 202 valence electrons. The number of hydrogen-bond acceptors (Lipinski definition) is 7. The molecule has 34 heavy (non-hydrogen) atoms. The molecule has 0 heterocycles. The molecule has 0 amide bonds. The summed E-state index contributed by atoms with van der Waals surface area (Å²) in [4.78, 5) is 40.8. The second-order valence-electron chi connectivity index (χ2n) is 7.63. The Kier molecular flexibility index (Phi) is 18.5. The first-order chi connectivity index (χ1) is 14.9. The van der Waals surface area contributed by atoms with Crippen LogP contribution in [-0.2, 0) is 33.4 Å². The number of likely N-dealkylation sites (N-methyl/N-ethyl adjacent to an activating group) is 1. The topological polar surface area (TPSA) is 177 Å². The molecule has 0 fully saturated rings. The first-order valence-electron chi connectivity index (χ1n) is 9.45. The van der Waals surface area contributed by atoms with Crippen LogP contribution < -0.4 is 0 Å². The van der Waals surface area contributed by atoms with E-state index in [9.17, 15) is 27.6 Å². The van der Waals surface area contributed by atoms with Crippen molar-refractivity contribution in [1.82, 2.24) is 0 Å². The van der Waals surface area contributed by atoms with Gasteiger partial charge < -0.3 is 39.1 Å². The Morgan fingerprint density at radius 2 is 0.912 bits per heavy atom. The molecule has 0 aromatic heterocycles. The summed E-state index contributed by atoms with van der Waals surface area (Å²) < 4.78 is 48.6. The minimum absolute atomic E-state index is 0. The van der Waals surface area contributed by atoms with Gasteiger partial charge in [-0.05, 0) is 0 Å². The summed E-state index contributed by atoms with van der Waals surface area (Å²) in [6.07, 6.45) is -5.52. The van der Waals surface area contributed by atoms with Crippen LogP contribution in [0.2, 0.25) is 0 Å². The van der Waals surface area contributed by atoms with Crippen LogP contribution in [0.15, 0.2) is 0 Å². The van der Waals surface area contributed by atoms with Gasteiger partial charge in [0.1, 0.15) is 19.8 Å². The summed E-state index contributed by atoms with van der Waals surface area (Å²) in [6.45, 7) is 0.391. The van der Waals surface area contributed by atoms with Crippen molar-refractivity contribution in [1.29, 1.82) is 0 Å². The molecule has 0 aromatic rings. The van der Waals surface area contributed by atoms with E-state index in [0.29, 0.717) is 4.48 Å². The van der Waals surface area contributed by atoms with Crippen molar-refractivity contribution in [2.24, 2.45) is 0 Å². The predicted octanol–water partition coefficient (Wildman–Crippen LogP) is 0.960. The smallest absolute Gasteiger partial charge is 0.481 e. The molecule has 0 bridgehead atoms. The summed E-state index contributed by atoms with van der Waals surface area (Å²) in [5.74, 6) is -5.68. The number of carbonyl (C=O) groups is 4. The lowest BCUT2D eigenvalue weighted by molar-refractivity contribution is -0.926. The number of carboxylic acid groups (broad SMARTS) is 4. The number of hydrogen-bond donors (Lipinski definition) is 4. The van der Waals surface area contributed by atoms with Crippen LogP contribution in [0.3, 0.4) is 0 Å². The molecule has 0 unspecified atom stereocenters. The fourth-order valence-corrected chi connectivity index (χ4v) is 1.97. The first kappa shape index (κ1) is 36.4. The molecule has 0 saturated carbocycles. The largest absolute Gasteiger partial charge is 0.490 e. The Balaban J connectivity index is -0.00000104. The van der Waals surface area contributed by atoms with Gasteiger partial charge in [-0.1, -0.05) is 0 Å². The molecule has 0 aromatic carbocycles. The van der Waals surface area contributed by atoms with E-state index in [1.54, 1.807) is 0 Å². The van der Waals surface area contributed by atoms with Gasteiger partial charge in [0.25, 0.3) is 0 Å². The fraction of sp³-hybridized carbons (Fsp3) is 0.778. The zero-order chi connectivity index (χ0) is 26.3. The van der Waals surface area contributed by atoms with Crippen LogP contribution in [0.1, 0.15) is 19.3 Å². The summed E-state index contributed by atoms with van der Waals surface area (Å²) >= 11 is 0. The van der Waals surface area contributed by atoms with Crippen molar-refractivity contribution in [2.45, 2.75) is 31.0 Å². The molecule has 12 nitrogen and oxygen atoms in total. The summed E-state index contributed by atoms with van der Waals surface area (Å²) in [5.41, 5.74) is -0.754. The van der Waals surface area contributed by atoms with E-state index in [0.717, 1.165) is 0 Å². The van der Waals surface area contributed by atoms with Crippen LogP contribution in [0.25, 0.3) is 0 Å². The lowest BCUT2D eigenvalue weighted by atomic mass is 9.99. The van der Waals surface area contributed by atoms with E-state index < -0.39 is 35.6 Å². The number of rotatable bonds is 16. The van der Waals surface area contributed by atoms with Gasteiger partial charge >= 0.3 is 30.1 Å². The maximum Gasteiger partial charge on any atom is 0.490 e. The van der Waals surface area contributed by atoms with Gasteiger partial charge in [-0.15, -0.1) is 12.4 Å². The Morgan fingerprint density at radius 1 is 0.676 bits per heavy atom. The highest BCUT2D eigenvalue weighted by atomic mass is 35.5. The monoisotopic (exact) mass is 530 g/mol. The standard InChI is InChI=1S/C16H29NO9.C2HF3O2.ClH/c1-17(2,3)16(10-24-7-4-13(18)19,11-25-8-5-14(20)21)12-26-9-6-15(22)23;3-2(4,5)1(6)7;/h4-12H2,1-3H3,(H2-,18,19,20,21,22,23);(H,6,7);1H/p+1. The third-order valence-electron chi connectivity index (χ3n) is 4.16. The van der Waals surface area contributed by atoms with Gasteiger partial charge in [-0.3, -0.25) is 14.4 Å². The highest BCUT2D eigenvalue weighted by Crippen LogP contribution is 2.22. The van der Waals surface area contributed by atoms with Crippen LogP contribution >= 0.6 is 12.4 Å². The van der Waals surface area contributed by atoms with Gasteiger partial charge in [-0.2, -0.15) is 13.2 Å². The number of nitrogens with zero attached hydrogens (tertiary/aromatic N) is 1. The molecule has 0 aliphatic heterocycles. The summed E-state index contributed by atoms with van der Waals surface area (Å²) in [7, 11) is 5.63. The zero-order valence-corrected chi connectivity index (χ0v) is 19.8. The van der Waals surface area contributed by atoms with Crippen molar-refractivity contribution >= 4 is 36.3 Å². The molecule has 16 heteroatoms. The lowest BCUT2D eigenvalue weighted by Crippen LogP contribution is -2.65. The minimum atomic E-state index is -5.08. The van der Waals surface area contributed by atoms with E-state index >= 15 is 0 Å². The normalized spacial score (nSPS) is 11.6. The molecule has 0 radical (unpaired) electrons. The Labute approximate surface area is 200 Å². The van der Waals surface area contributed by atoms with Crippen LogP contribution in [0, 0.1) is 0 Å². The van der Waals surface area contributed by atoms with E-state index in [2.05, 4.69) is 0 Å². The number of ether oxygens (including phenoxy) is 3. The molecule has 0 aliphatic rings. The maximum absolute atomic E-state index is 10.6. The van der Waals surface area contributed by atoms with E-state index in [-0.39, 0.29) is 71.3 Å². The number of carboxylic acids is 4. The number of alkyl halides is 3. The third-order valence-corrected chi connectivity index (χ3v) is 4.16. The Bertz CT molecular complexity index is 585. The van der Waals surface area contributed by atoms with Gasteiger partial charge in [-0.25, -0.2) is 4.79 Å². The lowest BCUT2D eigenvalue weighted by Gasteiger charge is -2.45. The number of aliphatic carboxylic acids is 4. The fourth-order valence-electron chi connectivity index (χ4n) is 1.97. The average molecular weight is 531 g/mol. The van der Waals surface area contributed by atoms with Gasteiger partial charge in [0, 0.05) is 0 Å². The van der Waals surface area contributed by atoms with E-state index in [1.165, 1.54) is 0 Å². The minimum Gasteiger partial charge on any atom is -0.481 e. The van der Waals surface area contributed by atoms with Gasteiger partial charge in [0.15, 0.2) is 5.54 Å². The van der Waals surface area contributed by atoms with Crippen LogP contribution in [-0.4, -0.2) is 121 Å². The molecule has 0 rings (SSSR count). The van der Waals surface area contributed by atoms with Crippen LogP contribution in [0.5, 0.6) is 0 Å². The second-order valence-corrected chi connectivity index (χ2v) is 7.63. The molecular weight excluding hydrogens is 499 g/mol. The molecule has 0 aliphatic carbocycles. The maximum atomic E-state index is 10.6. The molecular formula is C18H32ClF3NO11+. The Hall–Kier alpha value is -2.20. The second kappa shape index (κ2) is 17.3. The van der Waals surface area contributed by atoms with Crippen LogP contribution in [0.4, 0.5) is 13.2 Å². The zero-order valence-electron chi connectivity index (χ0n) is 19.0. The summed E-state index contributed by atoms with van der Waals surface area (Å²) in [6, 6.07) is 0. The summed E-state index contributed by atoms with van der Waals surface area (Å²) in [5, 5.41) is 33.3. The van der Waals surface area contributed by atoms with E-state index in [4.69, 9.17) is 39.4 Å². The first-order valence-corrected chi connectivity index (χ1v) is 9.45. The molecule has 0 spiro atoms. The number of quaternary nitrogens is 1. The molecule has 4 N–H and O–H groups in total. The van der Waals surface area contributed by atoms with Crippen molar-refractivity contribution < 1.29 is 71.5 Å². The Morgan fingerprint density at radius 3 is 1.06 bits per heavy atom. The SMILES string of the molecule is C[N+](C)(C)C(COCCC(=O)O)(COCCC(=O)O)COCCC(=O)O.Cl.O=C(O)C(F)(F)F. The van der Waals surface area contributed by atoms with Crippen molar-refractivity contribution in [3.8, 4) is 0 Å². The highest BCUT2D eigenvalue weighted by Gasteiger charge is 2.44. The predicted molar refractivity (Wildman–Crippen MR) is 111 cm³/mol.